The Bertz CT molecular complexity index is 945. The molecule has 3 heteroatoms. The van der Waals surface area contributed by atoms with Gasteiger partial charge in [-0.25, -0.2) is 0 Å². The van der Waals surface area contributed by atoms with E-state index in [2.05, 4.69) is 70.2 Å². The van der Waals surface area contributed by atoms with E-state index in [1.807, 2.05) is 0 Å². The van der Waals surface area contributed by atoms with E-state index >= 15 is 0 Å². The first-order chi connectivity index (χ1) is 11.6. The van der Waals surface area contributed by atoms with Crippen LogP contribution in [-0.4, -0.2) is 3.21 Å². The van der Waals surface area contributed by atoms with Crippen molar-refractivity contribution in [3.63, 3.8) is 0 Å². The molecule has 0 aromatic heterocycles. The van der Waals surface area contributed by atoms with Crippen LogP contribution in [0, 0.1) is 0 Å². The predicted molar refractivity (Wildman–Crippen MR) is 116 cm³/mol. The molecule has 0 unspecified atom stereocenters. The van der Waals surface area contributed by atoms with Crippen molar-refractivity contribution in [1.29, 1.82) is 0 Å². The Morgan fingerprint density at radius 3 is 2.23 bits per heavy atom. The Morgan fingerprint density at radius 1 is 0.885 bits per heavy atom. The number of rotatable bonds is 2. The van der Waals surface area contributed by atoms with Crippen molar-refractivity contribution in [3.05, 3.63) is 70.3 Å². The third-order valence-electron chi connectivity index (χ3n) is 5.34. The molecule has 0 bridgehead atoms. The minimum absolute atomic E-state index is 0. The summed E-state index contributed by atoms with van der Waals surface area (Å²) in [7, 11) is 0. The topological polar surface area (TPSA) is 0 Å². The number of allylic oxidation sites excluding steroid dienone is 4. The number of benzene rings is 2. The number of halogens is 2. The summed E-state index contributed by atoms with van der Waals surface area (Å²) in [6.45, 7) is 9.21. The van der Waals surface area contributed by atoms with Crippen molar-refractivity contribution >= 4 is 36.9 Å². The zero-order valence-electron chi connectivity index (χ0n) is 15.8. The minimum Gasteiger partial charge on any atom is -0.147 e. The molecule has 0 saturated carbocycles. The first kappa shape index (κ1) is 21.6. The second kappa shape index (κ2) is 8.51. The van der Waals surface area contributed by atoms with Crippen LogP contribution >= 0.6 is 24.8 Å². The van der Waals surface area contributed by atoms with Gasteiger partial charge in [-0.15, -0.1) is 24.8 Å². The number of hydrogen-bond acceptors (Lipinski definition) is 0. The van der Waals surface area contributed by atoms with E-state index in [0.717, 1.165) is 12.8 Å². The quantitative estimate of drug-likeness (QED) is 0.428. The predicted octanol–water partition coefficient (Wildman–Crippen LogP) is 6.14. The van der Waals surface area contributed by atoms with Gasteiger partial charge in [-0.2, -0.15) is 0 Å². The summed E-state index contributed by atoms with van der Waals surface area (Å²) in [5.74, 6) is 0. The summed E-state index contributed by atoms with van der Waals surface area (Å²) in [6, 6.07) is 13.8. The minimum atomic E-state index is -0.679. The van der Waals surface area contributed by atoms with E-state index in [0.29, 0.717) is 0 Å². The van der Waals surface area contributed by atoms with Gasteiger partial charge >= 0.3 is 157 Å². The molecular formula is C23H25Cl2Zr. The molecule has 0 nitrogen and oxygen atoms in total. The van der Waals surface area contributed by atoms with Crippen LogP contribution in [-0.2, 0) is 29.2 Å². The summed E-state index contributed by atoms with van der Waals surface area (Å²) < 4.78 is 3.38. The van der Waals surface area contributed by atoms with E-state index in [4.69, 9.17) is 0 Å². The van der Waals surface area contributed by atoms with Crippen molar-refractivity contribution in [2.24, 2.45) is 0 Å². The molecule has 0 atom stereocenters. The van der Waals surface area contributed by atoms with Crippen LogP contribution in [0.2, 0.25) is 0 Å². The van der Waals surface area contributed by atoms with Crippen LogP contribution in [0.25, 0.3) is 16.7 Å². The van der Waals surface area contributed by atoms with Gasteiger partial charge in [0.1, 0.15) is 0 Å². The van der Waals surface area contributed by atoms with E-state index in [1.54, 1.807) is 23.2 Å². The molecule has 0 N–H and O–H groups in total. The van der Waals surface area contributed by atoms with Gasteiger partial charge in [0.15, 0.2) is 0 Å². The number of hydrogen-bond donors (Lipinski definition) is 0. The van der Waals surface area contributed by atoms with Crippen molar-refractivity contribution in [1.82, 2.24) is 0 Å². The molecule has 135 valence electrons. The molecular weight excluding hydrogens is 438 g/mol. The molecule has 0 heterocycles. The zero-order valence-corrected chi connectivity index (χ0v) is 19.9. The monoisotopic (exact) mass is 461 g/mol. The summed E-state index contributed by atoms with van der Waals surface area (Å²) in [4.78, 5) is 0. The first-order valence-corrected chi connectivity index (χ1v) is 11.2. The molecule has 0 aliphatic heterocycles. The fraction of sp³-hybridized carbons (Fsp3) is 0.261. The Hall–Kier alpha value is -0.747. The molecule has 0 amide bonds. The Balaban J connectivity index is 0.00000121. The maximum atomic E-state index is 2.42. The summed E-state index contributed by atoms with van der Waals surface area (Å²) >= 11 is -0.679. The molecule has 4 rings (SSSR count). The molecule has 2 aromatic carbocycles. The van der Waals surface area contributed by atoms with Crippen LogP contribution in [0.15, 0.2) is 53.6 Å². The number of fused-ring (bicyclic) bond motifs is 3. The summed E-state index contributed by atoms with van der Waals surface area (Å²) in [5, 5.41) is 0. The van der Waals surface area contributed by atoms with Gasteiger partial charge in [-0.1, -0.05) is 0 Å². The molecule has 2 aromatic rings. The summed E-state index contributed by atoms with van der Waals surface area (Å²) in [5.41, 5.74) is 12.2. The van der Waals surface area contributed by atoms with Crippen LogP contribution in [0.4, 0.5) is 0 Å². The fourth-order valence-corrected chi connectivity index (χ4v) is 7.02. The van der Waals surface area contributed by atoms with Gasteiger partial charge in [0.25, 0.3) is 0 Å². The molecule has 2 aliphatic carbocycles. The van der Waals surface area contributed by atoms with Crippen molar-refractivity contribution < 1.29 is 22.8 Å². The second-order valence-corrected chi connectivity index (χ2v) is 11.5. The van der Waals surface area contributed by atoms with E-state index in [-0.39, 0.29) is 24.8 Å². The van der Waals surface area contributed by atoms with E-state index in [1.165, 1.54) is 27.8 Å². The Kier molecular flexibility index (Phi) is 7.05. The largest absolute Gasteiger partial charge is 0.147 e. The molecule has 0 saturated heterocycles. The smallest absolute Gasteiger partial charge is 0.147 e. The Labute approximate surface area is 180 Å². The van der Waals surface area contributed by atoms with Crippen molar-refractivity contribution in [2.45, 2.75) is 40.5 Å². The van der Waals surface area contributed by atoms with Gasteiger partial charge in [0.05, 0.1) is 0 Å². The Morgan fingerprint density at radius 2 is 1.58 bits per heavy atom. The van der Waals surface area contributed by atoms with Crippen molar-refractivity contribution in [2.75, 3.05) is 0 Å². The van der Waals surface area contributed by atoms with Crippen LogP contribution in [0.5, 0.6) is 0 Å². The van der Waals surface area contributed by atoms with E-state index < -0.39 is 22.8 Å². The van der Waals surface area contributed by atoms with Crippen LogP contribution in [0.3, 0.4) is 0 Å². The van der Waals surface area contributed by atoms with Crippen LogP contribution < -0.4 is 3.27 Å². The molecule has 0 fully saturated rings. The van der Waals surface area contributed by atoms with Crippen LogP contribution in [0.1, 0.15) is 50.8 Å². The molecule has 26 heavy (non-hydrogen) atoms. The third kappa shape index (κ3) is 3.64. The molecule has 0 spiro atoms. The average molecular weight is 464 g/mol. The van der Waals surface area contributed by atoms with Gasteiger partial charge < -0.3 is 0 Å². The van der Waals surface area contributed by atoms with Crippen molar-refractivity contribution in [3.8, 4) is 11.1 Å². The van der Waals surface area contributed by atoms with Gasteiger partial charge in [0.2, 0.25) is 0 Å². The first-order valence-electron chi connectivity index (χ1n) is 8.75. The second-order valence-electron chi connectivity index (χ2n) is 7.17. The summed E-state index contributed by atoms with van der Waals surface area (Å²) in [6.07, 6.45) is 4.63. The standard InChI is InChI=1S/C20H17.C3H6.2ClH.Zr/c1-13-7-9-18(14(13)2)16-8-10-20-17(12-16)11-15-5-3-4-6-19(15)20;1-3-2;;;/h3-8,10H,9,11H2,1-2H3;1-2H3;2*1H;. The maximum Gasteiger partial charge on any atom is -0.147 e. The van der Waals surface area contributed by atoms with Gasteiger partial charge in [-0.3, -0.25) is 0 Å². The van der Waals surface area contributed by atoms with Gasteiger partial charge in [0, 0.05) is 0 Å². The normalized spacial score (nSPS) is 13.9. The molecule has 0 radical (unpaired) electrons. The third-order valence-corrected chi connectivity index (χ3v) is 8.59. The van der Waals surface area contributed by atoms with E-state index in [9.17, 15) is 0 Å². The fourth-order valence-electron chi connectivity index (χ4n) is 3.97. The molecule has 2 aliphatic rings. The average Bonchev–Trinajstić information content (AvgIpc) is 3.09. The van der Waals surface area contributed by atoms with Gasteiger partial charge in [-0.05, 0) is 0 Å². The SMILES string of the molecule is CC1=CCC(c2ccc3c([c]2[Zr]=[C](C)C)Cc2ccccc2-3)=C1C.Cl.Cl. The maximum absolute atomic E-state index is 2.42. The zero-order chi connectivity index (χ0) is 16.8.